The minimum atomic E-state index is -2.06. The molecule has 64 valence electrons. The number of allylic oxidation sites excluding steroid dienone is 1. The molecule has 0 rings (SSSR count). The highest BCUT2D eigenvalue weighted by Crippen LogP contribution is 2.15. The molecule has 0 radical (unpaired) electrons. The molecule has 0 aliphatic carbocycles. The summed E-state index contributed by atoms with van der Waals surface area (Å²) in [6.07, 6.45) is 7.57. The Bertz CT molecular complexity index is 132. The summed E-state index contributed by atoms with van der Waals surface area (Å²) in [6.45, 7) is 2.17. The highest BCUT2D eigenvalue weighted by Gasteiger charge is 1.98. The molecule has 11 heavy (non-hydrogen) atoms. The van der Waals surface area contributed by atoms with Crippen molar-refractivity contribution in [3.8, 4) is 0 Å². The van der Waals surface area contributed by atoms with Crippen molar-refractivity contribution in [2.45, 2.75) is 39.0 Å². The second-order valence-electron chi connectivity index (χ2n) is 2.54. The molecule has 0 bridgehead atoms. The van der Waals surface area contributed by atoms with Gasteiger partial charge in [0.2, 0.25) is 0 Å². The lowest BCUT2D eigenvalue weighted by Gasteiger charge is -1.91. The quantitative estimate of drug-likeness (QED) is 0.497. The van der Waals surface area contributed by atoms with Crippen LogP contribution in [0.5, 0.6) is 0 Å². The molecule has 1 N–H and O–H groups in total. The van der Waals surface area contributed by atoms with Crippen molar-refractivity contribution in [1.29, 1.82) is 0 Å². The van der Waals surface area contributed by atoms with Gasteiger partial charge in [-0.1, -0.05) is 26.2 Å². The number of hydrogen-bond donors (Lipinski definition) is 1. The maximum absolute atomic E-state index is 10.1. The van der Waals surface area contributed by atoms with Crippen LogP contribution in [0.3, 0.4) is 0 Å². The summed E-state index contributed by atoms with van der Waals surface area (Å²) in [6, 6.07) is 0. The summed E-state index contributed by atoms with van der Waals surface area (Å²) in [5.74, 6) is 1.36. The zero-order chi connectivity index (χ0) is 8.53. The van der Waals surface area contributed by atoms with Crippen LogP contribution in [0.2, 0.25) is 0 Å². The minimum Gasteiger partial charge on any atom is -0.157 e. The molecular formula is C8H16O2P+. The van der Waals surface area contributed by atoms with Gasteiger partial charge in [0.15, 0.2) is 5.82 Å². The highest BCUT2D eigenvalue weighted by atomic mass is 31.1. The number of unbranched alkanes of at least 4 members (excludes halogenated alkanes) is 4. The lowest BCUT2D eigenvalue weighted by atomic mass is 10.2. The Morgan fingerprint density at radius 3 is 2.64 bits per heavy atom. The van der Waals surface area contributed by atoms with Crippen molar-refractivity contribution in [1.82, 2.24) is 0 Å². The van der Waals surface area contributed by atoms with E-state index in [1.807, 2.05) is 0 Å². The zero-order valence-electron chi connectivity index (χ0n) is 6.99. The van der Waals surface area contributed by atoms with Gasteiger partial charge in [-0.15, -0.1) is 0 Å². The monoisotopic (exact) mass is 175 g/mol. The first kappa shape index (κ1) is 10.8. The first-order chi connectivity index (χ1) is 5.27. The first-order valence-electron chi connectivity index (χ1n) is 4.09. The lowest BCUT2D eigenvalue weighted by Crippen LogP contribution is -1.72. The van der Waals surface area contributed by atoms with E-state index in [0.29, 0.717) is 0 Å². The van der Waals surface area contributed by atoms with Gasteiger partial charge in [-0.3, -0.25) is 0 Å². The minimum absolute atomic E-state index is 0.932. The predicted molar refractivity (Wildman–Crippen MR) is 47.7 cm³/mol. The molecule has 0 spiro atoms. The Labute approximate surface area is 69.2 Å². The predicted octanol–water partition coefficient (Wildman–Crippen LogP) is 3.21. The topological polar surface area (TPSA) is 37.3 Å². The van der Waals surface area contributed by atoms with Crippen LogP contribution in [-0.4, -0.2) is 4.89 Å². The summed E-state index contributed by atoms with van der Waals surface area (Å²) in [4.78, 5) is 8.38. The highest BCUT2D eigenvalue weighted by molar-refractivity contribution is 7.41. The van der Waals surface area contributed by atoms with Gasteiger partial charge in [-0.25, -0.2) is 0 Å². The van der Waals surface area contributed by atoms with Crippen LogP contribution in [0, 0.1) is 0 Å². The Hall–Kier alpha value is -0.200. The smallest absolute Gasteiger partial charge is 0.157 e. The van der Waals surface area contributed by atoms with Crippen LogP contribution in [0.1, 0.15) is 39.0 Å². The summed E-state index contributed by atoms with van der Waals surface area (Å²) in [5.41, 5.74) is 0. The molecule has 3 heteroatoms. The van der Waals surface area contributed by atoms with Gasteiger partial charge < -0.3 is 0 Å². The summed E-state index contributed by atoms with van der Waals surface area (Å²) in [7, 11) is -2.06. The molecule has 2 nitrogen and oxygen atoms in total. The van der Waals surface area contributed by atoms with Gasteiger partial charge in [-0.2, -0.15) is 4.89 Å². The van der Waals surface area contributed by atoms with Crippen LogP contribution in [-0.2, 0) is 4.57 Å². The Morgan fingerprint density at radius 1 is 1.36 bits per heavy atom. The average Bonchev–Trinajstić information content (AvgIpc) is 1.96. The number of rotatable bonds is 6. The third-order valence-corrected chi connectivity index (χ3v) is 1.92. The molecule has 0 heterocycles. The van der Waals surface area contributed by atoms with E-state index in [0.717, 1.165) is 12.8 Å². The molecule has 0 amide bonds. The second kappa shape index (κ2) is 7.90. The van der Waals surface area contributed by atoms with E-state index in [2.05, 4.69) is 6.92 Å². The third kappa shape index (κ3) is 9.80. The Kier molecular flexibility index (Phi) is 7.76. The maximum atomic E-state index is 10.1. The molecule has 1 atom stereocenters. The fourth-order valence-corrected chi connectivity index (χ4v) is 1.18. The van der Waals surface area contributed by atoms with Crippen LogP contribution < -0.4 is 0 Å². The zero-order valence-corrected chi connectivity index (χ0v) is 7.89. The van der Waals surface area contributed by atoms with E-state index in [4.69, 9.17) is 4.89 Å². The van der Waals surface area contributed by atoms with Crippen LogP contribution in [0.15, 0.2) is 11.9 Å². The van der Waals surface area contributed by atoms with E-state index >= 15 is 0 Å². The summed E-state index contributed by atoms with van der Waals surface area (Å²) in [5, 5.41) is 0. The molecule has 0 aliphatic heterocycles. The molecule has 0 aromatic heterocycles. The molecular weight excluding hydrogens is 159 g/mol. The molecule has 0 saturated heterocycles. The fraction of sp³-hybridized carbons (Fsp3) is 0.750. The summed E-state index contributed by atoms with van der Waals surface area (Å²) >= 11 is 0. The van der Waals surface area contributed by atoms with Crippen molar-refractivity contribution in [2.24, 2.45) is 0 Å². The standard InChI is InChI=1S/C8H15O2P/c1-2-3-4-5-6-7-8-11(9)10/h7-8H,2-6H2,1H3/p+1/b8-7-. The van der Waals surface area contributed by atoms with Crippen molar-refractivity contribution in [3.05, 3.63) is 11.9 Å². The molecule has 0 fully saturated rings. The molecule has 0 aliphatic rings. The van der Waals surface area contributed by atoms with Gasteiger partial charge in [0, 0.05) is 0 Å². The van der Waals surface area contributed by atoms with E-state index in [9.17, 15) is 4.57 Å². The van der Waals surface area contributed by atoms with Crippen molar-refractivity contribution in [3.63, 3.8) is 0 Å². The molecule has 0 aromatic carbocycles. The van der Waals surface area contributed by atoms with Crippen LogP contribution in [0.25, 0.3) is 0 Å². The fourth-order valence-electron chi connectivity index (χ4n) is 0.854. The van der Waals surface area contributed by atoms with Crippen LogP contribution >= 0.6 is 8.03 Å². The lowest BCUT2D eigenvalue weighted by molar-refractivity contribution is 0.512. The van der Waals surface area contributed by atoms with E-state index < -0.39 is 8.03 Å². The molecule has 0 aromatic rings. The maximum Gasteiger partial charge on any atom is 0.537 e. The number of hydrogen-bond acceptors (Lipinski definition) is 1. The summed E-state index contributed by atoms with van der Waals surface area (Å²) < 4.78 is 10.1. The van der Waals surface area contributed by atoms with Gasteiger partial charge >= 0.3 is 8.03 Å². The Balaban J connectivity index is 3.07. The largest absolute Gasteiger partial charge is 0.537 e. The molecule has 0 saturated carbocycles. The van der Waals surface area contributed by atoms with Crippen molar-refractivity contribution < 1.29 is 9.46 Å². The van der Waals surface area contributed by atoms with Gasteiger partial charge in [0.25, 0.3) is 0 Å². The van der Waals surface area contributed by atoms with E-state index in [1.165, 1.54) is 25.1 Å². The van der Waals surface area contributed by atoms with Gasteiger partial charge in [0.1, 0.15) is 0 Å². The van der Waals surface area contributed by atoms with Gasteiger partial charge in [0.05, 0.1) is 0 Å². The van der Waals surface area contributed by atoms with E-state index in [1.54, 1.807) is 6.08 Å². The van der Waals surface area contributed by atoms with Crippen LogP contribution in [0.4, 0.5) is 0 Å². The van der Waals surface area contributed by atoms with Gasteiger partial charge in [-0.05, 0) is 23.5 Å². The second-order valence-corrected chi connectivity index (χ2v) is 3.44. The van der Waals surface area contributed by atoms with Crippen molar-refractivity contribution in [2.75, 3.05) is 0 Å². The van der Waals surface area contributed by atoms with E-state index in [-0.39, 0.29) is 0 Å². The Morgan fingerprint density at radius 2 is 2.09 bits per heavy atom. The SMILES string of the molecule is CCCCCC/C=C\[P+](=O)O. The third-order valence-electron chi connectivity index (χ3n) is 1.46. The van der Waals surface area contributed by atoms with Crippen molar-refractivity contribution >= 4 is 8.03 Å². The molecule has 1 unspecified atom stereocenters. The normalized spacial score (nSPS) is 12.4. The first-order valence-corrected chi connectivity index (χ1v) is 5.37. The average molecular weight is 175 g/mol.